The van der Waals surface area contributed by atoms with Gasteiger partial charge in [0.05, 0.1) is 51.6 Å². The summed E-state index contributed by atoms with van der Waals surface area (Å²) in [6, 6.07) is 0.854. The Morgan fingerprint density at radius 1 is 0.612 bits per heavy atom. The molecule has 0 saturated carbocycles. The highest BCUT2D eigenvalue weighted by atomic mass is 16.7. The van der Waals surface area contributed by atoms with Gasteiger partial charge in [-0.2, -0.15) is 0 Å². The molecular formula is C61H92N12O25. The van der Waals surface area contributed by atoms with E-state index in [-0.39, 0.29) is 36.9 Å². The number of carbonyl (C=O) groups is 6. The number of guanidine groups is 2. The van der Waals surface area contributed by atoms with Crippen molar-refractivity contribution < 1.29 is 124 Å². The molecule has 0 aliphatic carbocycles. The summed E-state index contributed by atoms with van der Waals surface area (Å²) in [6.07, 6.45) is -28.0. The van der Waals surface area contributed by atoms with Crippen LogP contribution in [0.3, 0.4) is 0 Å². The van der Waals surface area contributed by atoms with E-state index >= 15 is 9.59 Å². The average Bonchev–Trinajstić information content (AvgIpc) is 1.51. The molecule has 6 aliphatic rings. The van der Waals surface area contributed by atoms with Crippen LogP contribution < -0.4 is 47.7 Å². The highest BCUT2D eigenvalue weighted by Gasteiger charge is 2.55. The number of hydrogen-bond donors (Lipinski definition) is 23. The molecule has 37 nitrogen and oxygen atoms in total. The molecule has 6 amide bonds. The van der Waals surface area contributed by atoms with E-state index in [4.69, 9.17) is 29.4 Å². The highest BCUT2D eigenvalue weighted by Crippen LogP contribution is 2.34. The van der Waals surface area contributed by atoms with E-state index in [1.54, 1.807) is 37.3 Å². The van der Waals surface area contributed by atoms with E-state index in [2.05, 4.69) is 42.2 Å². The molecule has 24 N–H and O–H groups in total. The minimum atomic E-state index is -2.36. The van der Waals surface area contributed by atoms with E-state index in [9.17, 15) is 96.1 Å². The lowest BCUT2D eigenvalue weighted by Crippen LogP contribution is -2.69. The molecule has 0 radical (unpaired) electrons. The lowest BCUT2D eigenvalue weighted by atomic mass is 9.92. The van der Waals surface area contributed by atoms with E-state index in [0.29, 0.717) is 18.4 Å². The maximum atomic E-state index is 15.3. The largest absolute Gasteiger partial charge is 0.462 e. The standard InChI is InChI=1S/C61H92N12O25/c1-3-4-5-6-10-17-72-21-33(73(61(72)63)57-48(86)45(83)43(81)34(23-75)95-57)42(80)40-55(92)67-32(22-74)52(89)64-20-37(78)69-38(26(2)28-11-8-7-9-12-28)54(91)66-30(53(90)70-39(56(93)71-40)41(79)31-19-65-60(62)68-31)18-27-13-15-29(16-14-27)94-58-50(88)47(85)51(36(25-77)97-58)98-59-49(87)46(84)44(82)35(24-76)96-59/h7-9,11-16,26,30-36,38-51,57-59,63,74-77,79-88H,3-6,10,17-25H2,1-2H3,(H,64,89)(H,66,91)(H,67,92)(H,69,78)(H,70,90)(H,71,93)(H3,62,65,68)/t26?,30-,31?,32+,33?,34-,35-,36-,38+,39+,40-,41?,42?,43-,44-,45+,46+,47-,48+,49+,50+,51-,57+,58+,59-/m1/s1. The number of aliphatic imine (C=N–C) groups is 1. The van der Waals surface area contributed by atoms with Gasteiger partial charge in [-0.3, -0.25) is 39.2 Å². The molecule has 0 aromatic heterocycles. The molecule has 8 rings (SSSR count). The molecule has 37 heteroatoms. The van der Waals surface area contributed by atoms with Crippen molar-refractivity contribution in [2.45, 2.75) is 205 Å². The lowest BCUT2D eigenvalue weighted by Gasteiger charge is -2.46. The molecule has 5 fully saturated rings. The van der Waals surface area contributed by atoms with Gasteiger partial charge in [-0.1, -0.05) is 82.0 Å². The van der Waals surface area contributed by atoms with Crippen LogP contribution in [0.4, 0.5) is 0 Å². The van der Waals surface area contributed by atoms with E-state index < -0.39 is 233 Å². The first kappa shape index (κ1) is 76.6. The van der Waals surface area contributed by atoms with Crippen LogP contribution in [0.2, 0.25) is 0 Å². The summed E-state index contributed by atoms with van der Waals surface area (Å²) in [5.74, 6) is -8.91. The monoisotopic (exact) mass is 1390 g/mol. The molecule has 6 aliphatic heterocycles. The fourth-order valence-electron chi connectivity index (χ4n) is 12.5. The summed E-state index contributed by atoms with van der Waals surface area (Å²) in [5, 5.41) is 179. The van der Waals surface area contributed by atoms with Crippen LogP contribution in [-0.4, -0.2) is 328 Å². The van der Waals surface area contributed by atoms with Crippen LogP contribution in [0.15, 0.2) is 59.6 Å². The van der Waals surface area contributed by atoms with Crippen LogP contribution in [0.25, 0.3) is 0 Å². The Bertz CT molecular complexity index is 3040. The van der Waals surface area contributed by atoms with Crippen molar-refractivity contribution in [3.8, 4) is 5.75 Å². The van der Waals surface area contributed by atoms with Crippen molar-refractivity contribution in [1.82, 2.24) is 47.0 Å². The topological polar surface area (TPSA) is 585 Å². The summed E-state index contributed by atoms with van der Waals surface area (Å²) in [6.45, 7) is -1.64. The number of hydrogen-bond acceptors (Lipinski definition) is 29. The number of ether oxygens (including phenoxy) is 5. The van der Waals surface area contributed by atoms with Crippen LogP contribution in [0, 0.1) is 5.41 Å². The number of nitrogens with two attached hydrogens (primary N) is 1. The van der Waals surface area contributed by atoms with Crippen molar-refractivity contribution in [3.05, 3.63) is 65.7 Å². The smallest absolute Gasteiger partial charge is 0.246 e. The van der Waals surface area contributed by atoms with Gasteiger partial charge in [0.1, 0.15) is 121 Å². The fraction of sp³-hybridized carbons (Fsp3) is 0.672. The van der Waals surface area contributed by atoms with Crippen molar-refractivity contribution in [1.29, 1.82) is 5.41 Å². The molecule has 0 bridgehead atoms. The minimum Gasteiger partial charge on any atom is -0.462 e. The Labute approximate surface area is 561 Å². The van der Waals surface area contributed by atoms with Gasteiger partial charge in [-0.25, -0.2) is 0 Å². The SMILES string of the molecule is CCCCCCCN1CC(C(O)[C@H]2NC(=O)[C@H](C(O)C3CN=C(N)N3)NC(=O)[C@@H](Cc3ccc(O[C@H]4O[C@H](CO)[C@@H](O[C@H]5O[C@H](CO)[C@@H](O)[C@H](O)[C@@H]5O)[C@H](O)[C@@H]4O)cc3)NC(=O)[C@H](C(C)c3ccccc3)NC(=O)CNC(=O)[C@H](CO)NC2=O)N([C@H]2O[C@H](CO)[C@@H](O)[C@H](O)[C@@H]2O)C1=N. The van der Waals surface area contributed by atoms with Gasteiger partial charge in [-0.15, -0.1) is 0 Å². The summed E-state index contributed by atoms with van der Waals surface area (Å²) in [7, 11) is 0. The van der Waals surface area contributed by atoms with Gasteiger partial charge < -0.3 is 148 Å². The second kappa shape index (κ2) is 34.8. The number of rotatable bonds is 23. The number of aliphatic hydroxyl groups excluding tert-OH is 14. The lowest BCUT2D eigenvalue weighted by molar-refractivity contribution is -0.352. The zero-order chi connectivity index (χ0) is 71.4. The first-order chi connectivity index (χ1) is 46.7. The quantitative estimate of drug-likeness (QED) is 0.0459. The fourth-order valence-corrected chi connectivity index (χ4v) is 12.5. The van der Waals surface area contributed by atoms with Crippen molar-refractivity contribution in [3.63, 3.8) is 0 Å². The molecule has 5 unspecified atom stereocenters. The summed E-state index contributed by atoms with van der Waals surface area (Å²) in [4.78, 5) is 94.8. The van der Waals surface area contributed by atoms with Crippen LogP contribution in [0.5, 0.6) is 5.75 Å². The van der Waals surface area contributed by atoms with Gasteiger partial charge in [0.2, 0.25) is 41.7 Å². The molecule has 5 saturated heterocycles. The van der Waals surface area contributed by atoms with Gasteiger partial charge in [0.25, 0.3) is 0 Å². The molecule has 546 valence electrons. The van der Waals surface area contributed by atoms with Gasteiger partial charge in [0.15, 0.2) is 24.4 Å². The van der Waals surface area contributed by atoms with Crippen LogP contribution >= 0.6 is 0 Å². The summed E-state index contributed by atoms with van der Waals surface area (Å²) >= 11 is 0. The zero-order valence-corrected chi connectivity index (χ0v) is 53.7. The predicted molar refractivity (Wildman–Crippen MR) is 335 cm³/mol. The molecule has 6 heterocycles. The highest BCUT2D eigenvalue weighted by molar-refractivity contribution is 5.98. The number of unbranched alkanes of at least 4 members (excludes halogenated alkanes) is 4. The van der Waals surface area contributed by atoms with Gasteiger partial charge >= 0.3 is 0 Å². The Hall–Kier alpha value is -7.12. The van der Waals surface area contributed by atoms with E-state index in [0.717, 1.165) is 24.2 Å². The number of nitrogens with one attached hydrogen (secondary N) is 8. The van der Waals surface area contributed by atoms with Crippen molar-refractivity contribution in [2.75, 3.05) is 52.6 Å². The molecule has 25 atom stereocenters. The zero-order valence-electron chi connectivity index (χ0n) is 53.7. The second-order valence-corrected chi connectivity index (χ2v) is 25.0. The molecule has 2 aromatic carbocycles. The third-order valence-corrected chi connectivity index (χ3v) is 18.3. The minimum absolute atomic E-state index is 0.0721. The van der Waals surface area contributed by atoms with Crippen molar-refractivity contribution >= 4 is 47.4 Å². The van der Waals surface area contributed by atoms with Crippen LogP contribution in [-0.2, 0) is 54.1 Å². The number of amides is 6. The third kappa shape index (κ3) is 17.9. The summed E-state index contributed by atoms with van der Waals surface area (Å²) in [5.41, 5.74) is 6.67. The van der Waals surface area contributed by atoms with Crippen molar-refractivity contribution in [2.24, 2.45) is 10.7 Å². The average molecular weight is 1390 g/mol. The number of carbonyl (C=O) groups excluding carboxylic acids is 6. The predicted octanol–water partition coefficient (Wildman–Crippen LogP) is -10.7. The van der Waals surface area contributed by atoms with Crippen LogP contribution in [0.1, 0.15) is 63.0 Å². The Morgan fingerprint density at radius 3 is 1.83 bits per heavy atom. The Balaban J connectivity index is 1.13. The normalized spacial score (nSPS) is 35.8. The Morgan fingerprint density at radius 2 is 1.19 bits per heavy atom. The number of nitrogens with zero attached hydrogens (tertiary/aromatic N) is 3. The molecular weight excluding hydrogens is 1300 g/mol. The van der Waals surface area contributed by atoms with E-state index in [1.807, 2.05) is 6.92 Å². The Kier molecular flexibility index (Phi) is 27.2. The molecule has 0 spiro atoms. The third-order valence-electron chi connectivity index (χ3n) is 18.3. The van der Waals surface area contributed by atoms with E-state index in [1.165, 1.54) is 29.2 Å². The van der Waals surface area contributed by atoms with Gasteiger partial charge in [0, 0.05) is 25.4 Å². The van der Waals surface area contributed by atoms with Gasteiger partial charge in [-0.05, 0) is 29.7 Å². The molecule has 98 heavy (non-hydrogen) atoms. The first-order valence-corrected chi connectivity index (χ1v) is 32.4. The second-order valence-electron chi connectivity index (χ2n) is 25.0. The number of aliphatic hydroxyl groups is 14. The maximum absolute atomic E-state index is 15.3. The molecule has 2 aromatic rings. The first-order valence-electron chi connectivity index (χ1n) is 32.4. The number of benzene rings is 2. The summed E-state index contributed by atoms with van der Waals surface area (Å²) < 4.78 is 28.6. The maximum Gasteiger partial charge on any atom is 0.246 e.